The summed E-state index contributed by atoms with van der Waals surface area (Å²) in [6, 6.07) is 7.45. The first-order valence-corrected chi connectivity index (χ1v) is 13.5. The second-order valence-corrected chi connectivity index (χ2v) is 10.4. The molecule has 0 aliphatic heterocycles. The molecule has 5 aromatic heterocycles. The second-order valence-electron chi connectivity index (χ2n) is 9.59. The summed E-state index contributed by atoms with van der Waals surface area (Å²) in [4.78, 5) is 4.75. The van der Waals surface area contributed by atoms with E-state index < -0.39 is 23.7 Å². The van der Waals surface area contributed by atoms with Crippen molar-refractivity contribution in [1.29, 1.82) is 0 Å². The largest absolute Gasteiger partial charge is 0.618 e. The highest BCUT2D eigenvalue weighted by atomic mass is 35.5. The fraction of sp³-hybridized carbons (Fsp3) is 0.148. The predicted octanol–water partition coefficient (Wildman–Crippen LogP) is 5.25. The summed E-state index contributed by atoms with van der Waals surface area (Å²) < 4.78 is 58.5. The van der Waals surface area contributed by atoms with Crippen LogP contribution in [0.15, 0.2) is 73.6 Å². The Kier molecular flexibility index (Phi) is 7.51. The summed E-state index contributed by atoms with van der Waals surface area (Å²) >= 11 is 12.0. The van der Waals surface area contributed by atoms with Crippen molar-refractivity contribution in [3.05, 3.63) is 112 Å². The molecule has 0 aliphatic carbocycles. The van der Waals surface area contributed by atoms with Gasteiger partial charge in [-0.15, -0.1) is 5.10 Å². The number of nitrogens with zero attached hydrogens (tertiary/aromatic N) is 10. The lowest BCUT2D eigenvalue weighted by Gasteiger charge is -2.17. The lowest BCUT2D eigenvalue weighted by Crippen LogP contribution is -2.36. The molecule has 224 valence electrons. The maximum atomic E-state index is 15.4. The molecule has 0 saturated heterocycles. The molecule has 1 aromatic carbocycles. The Morgan fingerprint density at radius 2 is 1.82 bits per heavy atom. The van der Waals surface area contributed by atoms with Crippen LogP contribution in [0.2, 0.25) is 10.2 Å². The van der Waals surface area contributed by atoms with Crippen LogP contribution >= 0.6 is 23.2 Å². The average molecular weight is 645 g/mol. The van der Waals surface area contributed by atoms with E-state index in [2.05, 4.69) is 30.6 Å². The summed E-state index contributed by atoms with van der Waals surface area (Å²) in [5.41, 5.74) is 0.671. The number of halogens is 6. The fourth-order valence-electron chi connectivity index (χ4n) is 4.70. The van der Waals surface area contributed by atoms with Crippen LogP contribution in [0.3, 0.4) is 0 Å². The van der Waals surface area contributed by atoms with Crippen molar-refractivity contribution in [3.8, 4) is 27.9 Å². The van der Waals surface area contributed by atoms with Crippen LogP contribution in [-0.2, 0) is 19.6 Å². The van der Waals surface area contributed by atoms with E-state index in [1.807, 2.05) is 0 Å². The van der Waals surface area contributed by atoms with Crippen molar-refractivity contribution in [3.63, 3.8) is 0 Å². The van der Waals surface area contributed by atoms with Crippen molar-refractivity contribution >= 4 is 23.2 Å². The molecule has 0 spiro atoms. The molecule has 11 nitrogen and oxygen atoms in total. The van der Waals surface area contributed by atoms with Gasteiger partial charge < -0.3 is 5.21 Å². The first-order valence-electron chi connectivity index (χ1n) is 12.7. The highest BCUT2D eigenvalue weighted by Crippen LogP contribution is 2.35. The molecule has 0 unspecified atom stereocenters. The summed E-state index contributed by atoms with van der Waals surface area (Å²) in [7, 11) is 1.63. The Hall–Kier alpha value is -4.89. The van der Waals surface area contributed by atoms with Crippen molar-refractivity contribution in [2.75, 3.05) is 0 Å². The minimum Gasteiger partial charge on any atom is -0.618 e. The van der Waals surface area contributed by atoms with Gasteiger partial charge in [-0.05, 0) is 35.9 Å². The normalized spacial score (nSPS) is 12.5. The van der Waals surface area contributed by atoms with Gasteiger partial charge in [0.1, 0.15) is 11.7 Å². The van der Waals surface area contributed by atoms with E-state index in [1.54, 1.807) is 7.05 Å². The third kappa shape index (κ3) is 5.70. The zero-order valence-electron chi connectivity index (χ0n) is 22.4. The third-order valence-corrected chi connectivity index (χ3v) is 7.18. The van der Waals surface area contributed by atoms with Crippen LogP contribution in [0, 0.1) is 11.0 Å². The van der Waals surface area contributed by atoms with E-state index in [4.69, 9.17) is 23.2 Å². The number of aryl methyl sites for hydroxylation is 1. The molecule has 5 heterocycles. The molecule has 0 radical (unpaired) electrons. The average Bonchev–Trinajstić information content (AvgIpc) is 3.74. The number of rotatable bonds is 7. The molecule has 0 bridgehead atoms. The molecule has 0 N–H and O–H groups in total. The fourth-order valence-corrected chi connectivity index (χ4v) is 4.98. The van der Waals surface area contributed by atoms with Gasteiger partial charge in [0.15, 0.2) is 17.2 Å². The van der Waals surface area contributed by atoms with Crippen molar-refractivity contribution in [2.24, 2.45) is 7.05 Å². The molecule has 17 heteroatoms. The van der Waals surface area contributed by atoms with Gasteiger partial charge in [-0.25, -0.2) is 9.07 Å². The minimum absolute atomic E-state index is 0.0137. The third-order valence-electron chi connectivity index (χ3n) is 6.71. The highest BCUT2D eigenvalue weighted by molar-refractivity contribution is 6.31. The first kappa shape index (κ1) is 29.2. The molecular formula is C27H18Cl2F4N10O. The SMILES string of the molecule is Cn1ncc(C[C@H](c2ccc(-c3c(-n4cc(Cl)nn4)ccc(Cl)c3F)c[n+]2[O-])n2cc(-c3ccnc(C(F)(F)F)c3)cn2)n1. The first-order chi connectivity index (χ1) is 21.0. The number of alkyl halides is 3. The maximum Gasteiger partial charge on any atom is 0.433 e. The Morgan fingerprint density at radius 3 is 2.50 bits per heavy atom. The van der Waals surface area contributed by atoms with E-state index in [1.165, 1.54) is 75.5 Å². The van der Waals surface area contributed by atoms with Gasteiger partial charge in [0.25, 0.3) is 0 Å². The van der Waals surface area contributed by atoms with Gasteiger partial charge in [0.05, 0.1) is 46.1 Å². The van der Waals surface area contributed by atoms with Gasteiger partial charge >= 0.3 is 6.18 Å². The Balaban J connectivity index is 1.42. The summed E-state index contributed by atoms with van der Waals surface area (Å²) in [5.74, 6) is -0.785. The number of pyridine rings is 2. The zero-order valence-corrected chi connectivity index (χ0v) is 23.9. The van der Waals surface area contributed by atoms with Crippen molar-refractivity contribution in [1.82, 2.24) is 44.8 Å². The zero-order chi connectivity index (χ0) is 31.2. The molecular weight excluding hydrogens is 627 g/mol. The van der Waals surface area contributed by atoms with Crippen LogP contribution in [-0.4, -0.2) is 44.8 Å². The molecule has 6 aromatic rings. The predicted molar refractivity (Wildman–Crippen MR) is 149 cm³/mol. The van der Waals surface area contributed by atoms with Gasteiger partial charge in [-0.3, -0.25) is 9.67 Å². The second kappa shape index (κ2) is 11.3. The van der Waals surface area contributed by atoms with Crippen LogP contribution in [0.1, 0.15) is 23.1 Å². The minimum atomic E-state index is -4.63. The molecule has 0 fully saturated rings. The number of hydrogen-bond donors (Lipinski definition) is 0. The Morgan fingerprint density at radius 1 is 1.00 bits per heavy atom. The van der Waals surface area contributed by atoms with Gasteiger partial charge in [-0.1, -0.05) is 28.4 Å². The lowest BCUT2D eigenvalue weighted by atomic mass is 10.0. The maximum absolute atomic E-state index is 15.4. The van der Waals surface area contributed by atoms with E-state index in [0.717, 1.165) is 12.3 Å². The lowest BCUT2D eigenvalue weighted by molar-refractivity contribution is -0.615. The standard InChI is InChI=1S/C27H18Cl2F4N10O/c1-40-35-11-18(38-40)9-22(41-12-17(10-36-41)15-6-7-34-23(8-15)27(31,32)33)20-4-2-16(13-43(20)44)25-21(5-3-19(28)26(25)30)42-14-24(29)37-39-42/h2-8,10-14,22H,9H2,1H3/t22-/m1/s1. The summed E-state index contributed by atoms with van der Waals surface area (Å²) in [6.45, 7) is 0. The molecule has 0 aliphatic rings. The van der Waals surface area contributed by atoms with E-state index >= 15 is 4.39 Å². The van der Waals surface area contributed by atoms with E-state index in [0.29, 0.717) is 16.0 Å². The monoisotopic (exact) mass is 644 g/mol. The Bertz CT molecular complexity index is 1990. The highest BCUT2D eigenvalue weighted by Gasteiger charge is 2.33. The number of hydrogen-bond acceptors (Lipinski definition) is 7. The number of benzene rings is 1. The molecule has 6 rings (SSSR count). The van der Waals surface area contributed by atoms with E-state index in [-0.39, 0.29) is 44.7 Å². The van der Waals surface area contributed by atoms with Crippen LogP contribution < -0.4 is 4.73 Å². The van der Waals surface area contributed by atoms with Gasteiger partial charge in [-0.2, -0.15) is 38.0 Å². The smallest absolute Gasteiger partial charge is 0.433 e. The number of aromatic nitrogens is 10. The quantitative estimate of drug-likeness (QED) is 0.132. The van der Waals surface area contributed by atoms with Crippen LogP contribution in [0.5, 0.6) is 0 Å². The summed E-state index contributed by atoms with van der Waals surface area (Å²) in [5, 5.41) is 33.9. The van der Waals surface area contributed by atoms with Crippen LogP contribution in [0.4, 0.5) is 17.6 Å². The van der Waals surface area contributed by atoms with Crippen molar-refractivity contribution in [2.45, 2.75) is 18.6 Å². The van der Waals surface area contributed by atoms with Crippen LogP contribution in [0.25, 0.3) is 27.9 Å². The van der Waals surface area contributed by atoms with Gasteiger partial charge in [0, 0.05) is 37.5 Å². The molecule has 0 amide bonds. The Labute approximate surface area is 255 Å². The van der Waals surface area contributed by atoms with Crippen molar-refractivity contribution < 1.29 is 22.3 Å². The molecule has 0 saturated carbocycles. The summed E-state index contributed by atoms with van der Waals surface area (Å²) in [6.07, 6.45) is 3.57. The van der Waals surface area contributed by atoms with Gasteiger partial charge in [0.2, 0.25) is 5.69 Å². The topological polar surface area (TPSA) is 119 Å². The molecule has 44 heavy (non-hydrogen) atoms. The molecule has 1 atom stereocenters. The van der Waals surface area contributed by atoms with E-state index in [9.17, 15) is 18.4 Å².